The van der Waals surface area contributed by atoms with Gasteiger partial charge in [-0.1, -0.05) is 23.9 Å². The molecular weight excluding hydrogens is 296 g/mol. The smallest absolute Gasteiger partial charge is 0.166 e. The highest BCUT2D eigenvalue weighted by Gasteiger charge is 2.15. The van der Waals surface area contributed by atoms with Gasteiger partial charge in [-0.15, -0.1) is 22.7 Å². The predicted molar refractivity (Wildman–Crippen MR) is 83.0 cm³/mol. The van der Waals surface area contributed by atoms with Gasteiger partial charge in [0.15, 0.2) is 5.16 Å². The molecule has 6 heteroatoms. The highest BCUT2D eigenvalue weighted by molar-refractivity contribution is 7.99. The summed E-state index contributed by atoms with van der Waals surface area (Å²) in [5.41, 5.74) is 2.07. The lowest BCUT2D eigenvalue weighted by atomic mass is 10.2. The Morgan fingerprint density at radius 3 is 2.53 bits per heavy atom. The fourth-order valence-electron chi connectivity index (χ4n) is 1.75. The van der Waals surface area contributed by atoms with Gasteiger partial charge in [-0.05, 0) is 22.9 Å². The van der Waals surface area contributed by atoms with Crippen molar-refractivity contribution >= 4 is 34.4 Å². The van der Waals surface area contributed by atoms with E-state index in [0.29, 0.717) is 5.75 Å². The van der Waals surface area contributed by atoms with Crippen LogP contribution in [0.1, 0.15) is 0 Å². The second kappa shape index (κ2) is 5.92. The van der Waals surface area contributed by atoms with Crippen molar-refractivity contribution in [3.63, 3.8) is 0 Å². The quantitative estimate of drug-likeness (QED) is 0.702. The van der Waals surface area contributed by atoms with Crippen molar-refractivity contribution in [2.75, 3.05) is 12.4 Å². The van der Waals surface area contributed by atoms with Crippen LogP contribution in [0.25, 0.3) is 21.1 Å². The van der Waals surface area contributed by atoms with Gasteiger partial charge < -0.3 is 10.1 Å². The Bertz CT molecular complexity index is 577. The Morgan fingerprint density at radius 2 is 1.89 bits per heavy atom. The molecule has 19 heavy (non-hydrogen) atoms. The Balaban J connectivity index is 2.03. The second-order valence-electron chi connectivity index (χ2n) is 3.79. The summed E-state index contributed by atoms with van der Waals surface area (Å²) in [6.07, 6.45) is 0. The number of thiophene rings is 2. The van der Waals surface area contributed by atoms with Crippen molar-refractivity contribution < 1.29 is 5.11 Å². The topological polar surface area (TPSA) is 48.9 Å². The van der Waals surface area contributed by atoms with E-state index in [1.165, 1.54) is 4.88 Å². The molecule has 0 atom stereocenters. The average Bonchev–Trinajstić information content (AvgIpc) is 3.14. The van der Waals surface area contributed by atoms with Gasteiger partial charge >= 0.3 is 0 Å². The third-order valence-electron chi connectivity index (χ3n) is 2.53. The molecule has 2 N–H and O–H groups in total. The molecule has 98 valence electrons. The van der Waals surface area contributed by atoms with E-state index in [9.17, 15) is 0 Å². The fourth-order valence-corrected chi connectivity index (χ4v) is 3.81. The van der Waals surface area contributed by atoms with Crippen LogP contribution < -0.4 is 0 Å². The largest absolute Gasteiger partial charge is 0.396 e. The molecule has 0 amide bonds. The summed E-state index contributed by atoms with van der Waals surface area (Å²) < 4.78 is 0. The molecule has 3 heterocycles. The Kier molecular flexibility index (Phi) is 4.03. The van der Waals surface area contributed by atoms with E-state index >= 15 is 0 Å². The zero-order valence-electron chi connectivity index (χ0n) is 10.00. The molecule has 0 aliphatic rings. The summed E-state index contributed by atoms with van der Waals surface area (Å²) >= 11 is 4.93. The molecule has 0 bridgehead atoms. The lowest BCUT2D eigenvalue weighted by molar-refractivity contribution is 0.322. The summed E-state index contributed by atoms with van der Waals surface area (Å²) in [5, 5.41) is 13.9. The lowest BCUT2D eigenvalue weighted by Crippen LogP contribution is -1.86. The zero-order chi connectivity index (χ0) is 13.1. The summed E-state index contributed by atoms with van der Waals surface area (Å²) in [6, 6.07) is 8.25. The zero-order valence-corrected chi connectivity index (χ0v) is 12.4. The number of nitrogens with zero attached hydrogens (tertiary/aromatic N) is 1. The standard InChI is InChI=1S/C13H12N2OS3/c16-5-8-19-13-14-11(9-3-1-6-17-9)12(15-13)10-4-2-7-18-10/h1-4,6-7,16H,5,8H2,(H,14,15). The van der Waals surface area contributed by atoms with Crippen LogP contribution in [0.15, 0.2) is 40.2 Å². The van der Waals surface area contributed by atoms with Crippen LogP contribution >= 0.6 is 34.4 Å². The Morgan fingerprint density at radius 1 is 1.16 bits per heavy atom. The van der Waals surface area contributed by atoms with Gasteiger partial charge in [-0.3, -0.25) is 0 Å². The molecule has 0 fully saturated rings. The SMILES string of the molecule is OCCSc1nc(-c2cccs2)c(-c2cccs2)[nH]1. The summed E-state index contributed by atoms with van der Waals surface area (Å²) in [4.78, 5) is 10.4. The van der Waals surface area contributed by atoms with Gasteiger partial charge in [-0.25, -0.2) is 4.98 Å². The maximum absolute atomic E-state index is 8.91. The van der Waals surface area contributed by atoms with E-state index in [4.69, 9.17) is 5.11 Å². The minimum absolute atomic E-state index is 0.161. The van der Waals surface area contributed by atoms with Gasteiger partial charge in [0.1, 0.15) is 5.69 Å². The van der Waals surface area contributed by atoms with Crippen LogP contribution in [0.4, 0.5) is 0 Å². The first-order valence-corrected chi connectivity index (χ1v) is 8.54. The number of nitrogens with one attached hydrogen (secondary N) is 1. The third-order valence-corrected chi connectivity index (χ3v) is 5.15. The maximum Gasteiger partial charge on any atom is 0.166 e. The monoisotopic (exact) mass is 308 g/mol. The number of hydrogen-bond donors (Lipinski definition) is 2. The van der Waals surface area contributed by atoms with E-state index in [1.807, 2.05) is 12.1 Å². The van der Waals surface area contributed by atoms with Crippen LogP contribution in [-0.4, -0.2) is 27.4 Å². The number of aliphatic hydroxyl groups excluding tert-OH is 1. The van der Waals surface area contributed by atoms with Gasteiger partial charge in [0.05, 0.1) is 22.1 Å². The van der Waals surface area contributed by atoms with Gasteiger partial charge in [-0.2, -0.15) is 0 Å². The molecular formula is C13H12N2OS3. The molecule has 0 spiro atoms. The fraction of sp³-hybridized carbons (Fsp3) is 0.154. The number of aliphatic hydroxyl groups is 1. The van der Waals surface area contributed by atoms with E-state index in [1.54, 1.807) is 34.4 Å². The minimum Gasteiger partial charge on any atom is -0.396 e. The molecule has 3 nitrogen and oxygen atoms in total. The molecule has 0 saturated carbocycles. The van der Waals surface area contributed by atoms with Crippen molar-refractivity contribution in [3.05, 3.63) is 35.0 Å². The van der Waals surface area contributed by atoms with Gasteiger partial charge in [0, 0.05) is 5.75 Å². The normalized spacial score (nSPS) is 11.0. The van der Waals surface area contributed by atoms with Crippen molar-refractivity contribution in [2.45, 2.75) is 5.16 Å². The van der Waals surface area contributed by atoms with E-state index in [-0.39, 0.29) is 6.61 Å². The first-order valence-electron chi connectivity index (χ1n) is 5.80. The highest BCUT2D eigenvalue weighted by atomic mass is 32.2. The average molecular weight is 308 g/mol. The van der Waals surface area contributed by atoms with Gasteiger partial charge in [0.25, 0.3) is 0 Å². The number of thioether (sulfide) groups is 1. The van der Waals surface area contributed by atoms with Crippen LogP contribution in [0.2, 0.25) is 0 Å². The maximum atomic E-state index is 8.91. The van der Waals surface area contributed by atoms with E-state index < -0.39 is 0 Å². The first kappa shape index (κ1) is 12.9. The number of imidazole rings is 1. The van der Waals surface area contributed by atoms with Crippen LogP contribution in [0.5, 0.6) is 0 Å². The number of aromatic amines is 1. The number of H-pyrrole nitrogens is 1. The molecule has 0 aliphatic heterocycles. The molecule has 0 aliphatic carbocycles. The van der Waals surface area contributed by atoms with Crippen LogP contribution in [-0.2, 0) is 0 Å². The molecule has 0 saturated heterocycles. The van der Waals surface area contributed by atoms with Crippen molar-refractivity contribution in [3.8, 4) is 21.1 Å². The summed E-state index contributed by atoms with van der Waals surface area (Å²) in [7, 11) is 0. The van der Waals surface area contributed by atoms with E-state index in [2.05, 4.69) is 32.9 Å². The predicted octanol–water partition coefficient (Wildman–Crippen LogP) is 3.95. The summed E-state index contributed by atoms with van der Waals surface area (Å²) in [6.45, 7) is 0.161. The van der Waals surface area contributed by atoms with Crippen LogP contribution in [0, 0.1) is 0 Å². The van der Waals surface area contributed by atoms with Crippen LogP contribution in [0.3, 0.4) is 0 Å². The van der Waals surface area contributed by atoms with E-state index in [0.717, 1.165) is 21.4 Å². The number of hydrogen-bond acceptors (Lipinski definition) is 5. The lowest BCUT2D eigenvalue weighted by Gasteiger charge is -1.96. The summed E-state index contributed by atoms with van der Waals surface area (Å²) in [5.74, 6) is 0.654. The third kappa shape index (κ3) is 2.76. The number of rotatable bonds is 5. The number of aromatic nitrogens is 2. The molecule has 3 rings (SSSR count). The highest BCUT2D eigenvalue weighted by Crippen LogP contribution is 2.36. The van der Waals surface area contributed by atoms with Crippen molar-refractivity contribution in [2.24, 2.45) is 0 Å². The Hall–Kier alpha value is -1.08. The van der Waals surface area contributed by atoms with Gasteiger partial charge in [0.2, 0.25) is 0 Å². The Labute approximate surface area is 123 Å². The molecule has 0 aromatic carbocycles. The second-order valence-corrected chi connectivity index (χ2v) is 6.77. The molecule has 0 radical (unpaired) electrons. The molecule has 3 aromatic heterocycles. The van der Waals surface area contributed by atoms with Crippen molar-refractivity contribution in [1.29, 1.82) is 0 Å². The molecule has 0 unspecified atom stereocenters. The molecule has 3 aromatic rings. The minimum atomic E-state index is 0.161. The van der Waals surface area contributed by atoms with Crippen molar-refractivity contribution in [1.82, 2.24) is 9.97 Å². The first-order chi connectivity index (χ1) is 9.38.